The molecule has 2 aromatic heterocycles. The lowest BCUT2D eigenvalue weighted by Crippen LogP contribution is -2.28. The van der Waals surface area contributed by atoms with Gasteiger partial charge in [-0.2, -0.15) is 0 Å². The molecular weight excluding hydrogens is 541 g/mol. The Balaban J connectivity index is 1.23. The summed E-state index contributed by atoms with van der Waals surface area (Å²) < 4.78 is 28.1. The molecule has 0 spiro atoms. The molecule has 0 atom stereocenters. The van der Waals surface area contributed by atoms with Crippen molar-refractivity contribution in [1.82, 2.24) is 25.3 Å². The van der Waals surface area contributed by atoms with Gasteiger partial charge in [-0.15, -0.1) is 22.7 Å². The van der Waals surface area contributed by atoms with Crippen LogP contribution in [0.25, 0.3) is 21.5 Å². The average molecular weight is 573 g/mol. The third-order valence-corrected chi connectivity index (χ3v) is 9.03. The molecule has 0 unspecified atom stereocenters. The predicted octanol–water partition coefficient (Wildman–Crippen LogP) is 3.39. The van der Waals surface area contributed by atoms with Crippen molar-refractivity contribution in [2.24, 2.45) is 5.73 Å². The molecule has 5 N–H and O–H groups in total. The van der Waals surface area contributed by atoms with Crippen LogP contribution in [0.2, 0.25) is 0 Å². The molecule has 0 radical (unpaired) electrons. The number of hydrogen-bond donors (Lipinski definition) is 4. The Hall–Kier alpha value is -2.74. The van der Waals surface area contributed by atoms with Crippen LogP contribution in [-0.2, 0) is 16.4 Å². The van der Waals surface area contributed by atoms with Crippen molar-refractivity contribution >= 4 is 49.4 Å². The van der Waals surface area contributed by atoms with Crippen molar-refractivity contribution in [2.45, 2.75) is 30.6 Å². The zero-order valence-corrected chi connectivity index (χ0v) is 23.4. The quantitative estimate of drug-likeness (QED) is 0.160. The molecule has 0 fully saturated rings. The Morgan fingerprint density at radius 3 is 2.55 bits per heavy atom. The topological polar surface area (TPSA) is 139 Å². The lowest BCUT2D eigenvalue weighted by Gasteiger charge is -2.07. The Bertz CT molecular complexity index is 1450. The number of unbranched alkanes of at least 4 members (excludes halogenated alkanes) is 1. The fourth-order valence-corrected chi connectivity index (χ4v) is 6.44. The van der Waals surface area contributed by atoms with Gasteiger partial charge in [0.1, 0.15) is 16.4 Å². The van der Waals surface area contributed by atoms with Gasteiger partial charge in [-0.25, -0.2) is 23.1 Å². The molecule has 0 aliphatic heterocycles. The monoisotopic (exact) mass is 572 g/mol. The highest BCUT2D eigenvalue weighted by Crippen LogP contribution is 2.26. The molecule has 38 heavy (non-hydrogen) atoms. The van der Waals surface area contributed by atoms with E-state index in [2.05, 4.69) is 25.3 Å². The second-order valence-electron chi connectivity index (χ2n) is 8.68. The molecule has 9 nitrogen and oxygen atoms in total. The summed E-state index contributed by atoms with van der Waals surface area (Å²) in [5, 5.41) is 13.2. The molecule has 12 heteroatoms. The smallest absolute Gasteiger partial charge is 0.270 e. The Kier molecular flexibility index (Phi) is 10.3. The highest BCUT2D eigenvalue weighted by Gasteiger charge is 2.16. The summed E-state index contributed by atoms with van der Waals surface area (Å²) in [5.74, 6) is -0.200. The average Bonchev–Trinajstić information content (AvgIpc) is 3.60. The lowest BCUT2D eigenvalue weighted by molar-refractivity contribution is 0.0949. The minimum Gasteiger partial charge on any atom is -0.351 e. The number of benzene rings is 2. The number of nitrogens with zero attached hydrogens (tertiary/aromatic N) is 2. The van der Waals surface area contributed by atoms with Gasteiger partial charge in [-0.1, -0.05) is 30.3 Å². The fraction of sp³-hybridized carbons (Fsp3) is 0.346. The van der Waals surface area contributed by atoms with Gasteiger partial charge in [-0.3, -0.25) is 4.79 Å². The lowest BCUT2D eigenvalue weighted by atomic mass is 10.1. The molecule has 2 heterocycles. The van der Waals surface area contributed by atoms with Crippen LogP contribution in [0, 0.1) is 0 Å². The third-order valence-electron chi connectivity index (χ3n) is 5.79. The molecule has 0 bridgehead atoms. The summed E-state index contributed by atoms with van der Waals surface area (Å²) in [5.41, 5.74) is 6.54. The summed E-state index contributed by atoms with van der Waals surface area (Å²) in [6.07, 6.45) is 3.37. The molecule has 1 amide bonds. The van der Waals surface area contributed by atoms with E-state index in [1.807, 2.05) is 35.7 Å². The van der Waals surface area contributed by atoms with Crippen LogP contribution in [-0.4, -0.2) is 57.0 Å². The number of nitrogens with one attached hydrogen (secondary N) is 3. The molecular formula is C26H32N6O3S3. The number of rotatable bonds is 15. The van der Waals surface area contributed by atoms with Crippen LogP contribution < -0.4 is 21.1 Å². The minimum atomic E-state index is -3.63. The van der Waals surface area contributed by atoms with Crippen LogP contribution in [0.15, 0.2) is 58.1 Å². The number of fused-ring (bicyclic) bond motifs is 1. The number of carbonyl (C=O) groups is 1. The number of amides is 1. The Morgan fingerprint density at radius 2 is 1.71 bits per heavy atom. The fourth-order valence-electron chi connectivity index (χ4n) is 3.76. The van der Waals surface area contributed by atoms with E-state index in [4.69, 9.17) is 5.73 Å². The van der Waals surface area contributed by atoms with Gasteiger partial charge in [0.2, 0.25) is 10.0 Å². The standard InChI is InChI=1S/C26H32N6O3S3/c27-11-3-4-12-28-13-5-14-29-25(33)22-17-37-26(32-22)23-18-36-24(31-23)10-15-30-38(34,35)21-9-8-19-6-1-2-7-20(19)16-21/h1-2,6-9,16-18,28,30H,3-5,10-15,27H2,(H,29,33). The van der Waals surface area contributed by atoms with E-state index in [9.17, 15) is 13.2 Å². The summed E-state index contributed by atoms with van der Waals surface area (Å²) in [6.45, 7) is 3.30. The number of sulfonamides is 1. The van der Waals surface area contributed by atoms with E-state index in [0.717, 1.165) is 48.1 Å². The van der Waals surface area contributed by atoms with Gasteiger partial charge in [0.15, 0.2) is 0 Å². The highest BCUT2D eigenvalue weighted by molar-refractivity contribution is 7.89. The molecule has 4 aromatic rings. The first-order valence-electron chi connectivity index (χ1n) is 12.5. The predicted molar refractivity (Wildman–Crippen MR) is 154 cm³/mol. The van der Waals surface area contributed by atoms with E-state index >= 15 is 0 Å². The van der Waals surface area contributed by atoms with E-state index < -0.39 is 10.0 Å². The Labute approximate surface area is 231 Å². The number of carbonyl (C=O) groups excluding carboxylic acids is 1. The molecule has 0 saturated carbocycles. The molecule has 4 rings (SSSR count). The maximum Gasteiger partial charge on any atom is 0.270 e. The zero-order chi connectivity index (χ0) is 26.8. The van der Waals surface area contributed by atoms with Crippen molar-refractivity contribution in [3.63, 3.8) is 0 Å². The largest absolute Gasteiger partial charge is 0.351 e. The van der Waals surface area contributed by atoms with Crippen molar-refractivity contribution in [3.05, 3.63) is 63.9 Å². The van der Waals surface area contributed by atoms with Gasteiger partial charge in [0, 0.05) is 30.3 Å². The first-order chi connectivity index (χ1) is 18.5. The van der Waals surface area contributed by atoms with Crippen molar-refractivity contribution < 1.29 is 13.2 Å². The van der Waals surface area contributed by atoms with Crippen LogP contribution >= 0.6 is 22.7 Å². The maximum atomic E-state index is 12.7. The summed E-state index contributed by atoms with van der Waals surface area (Å²) in [4.78, 5) is 21.7. The van der Waals surface area contributed by atoms with Crippen LogP contribution in [0.1, 0.15) is 34.8 Å². The van der Waals surface area contributed by atoms with Gasteiger partial charge in [0.25, 0.3) is 5.91 Å². The second kappa shape index (κ2) is 13.9. The summed E-state index contributed by atoms with van der Waals surface area (Å²) >= 11 is 2.81. The van der Waals surface area contributed by atoms with Crippen molar-refractivity contribution in [2.75, 3.05) is 32.7 Å². The van der Waals surface area contributed by atoms with Crippen LogP contribution in [0.3, 0.4) is 0 Å². The molecule has 2 aromatic carbocycles. The number of thiazole rings is 2. The van der Waals surface area contributed by atoms with E-state index in [-0.39, 0.29) is 17.3 Å². The first kappa shape index (κ1) is 28.3. The molecule has 0 aliphatic carbocycles. The normalized spacial score (nSPS) is 11.7. The molecule has 0 saturated heterocycles. The van der Waals surface area contributed by atoms with E-state index in [1.165, 1.54) is 22.7 Å². The van der Waals surface area contributed by atoms with Gasteiger partial charge in [0.05, 0.1) is 9.90 Å². The second-order valence-corrected chi connectivity index (χ2v) is 12.2. The maximum absolute atomic E-state index is 12.7. The number of hydrogen-bond acceptors (Lipinski definition) is 9. The molecule has 0 aliphatic rings. The zero-order valence-electron chi connectivity index (χ0n) is 21.0. The minimum absolute atomic E-state index is 0.200. The van der Waals surface area contributed by atoms with Gasteiger partial charge >= 0.3 is 0 Å². The summed E-state index contributed by atoms with van der Waals surface area (Å²) in [7, 11) is -3.63. The van der Waals surface area contributed by atoms with Gasteiger partial charge < -0.3 is 16.4 Å². The number of aromatic nitrogens is 2. The van der Waals surface area contributed by atoms with Crippen LogP contribution in [0.4, 0.5) is 0 Å². The van der Waals surface area contributed by atoms with Gasteiger partial charge in [-0.05, 0) is 61.8 Å². The SMILES string of the molecule is NCCCCNCCCNC(=O)c1csc(-c2csc(CCNS(=O)(=O)c3ccc4ccccc4c3)n2)n1. The van der Waals surface area contributed by atoms with Crippen molar-refractivity contribution in [1.29, 1.82) is 0 Å². The molecule has 202 valence electrons. The van der Waals surface area contributed by atoms with E-state index in [0.29, 0.717) is 35.9 Å². The van der Waals surface area contributed by atoms with E-state index in [1.54, 1.807) is 17.5 Å². The highest BCUT2D eigenvalue weighted by atomic mass is 32.2. The first-order valence-corrected chi connectivity index (χ1v) is 15.8. The third kappa shape index (κ3) is 7.88. The van der Waals surface area contributed by atoms with Crippen molar-refractivity contribution in [3.8, 4) is 10.7 Å². The Morgan fingerprint density at radius 1 is 0.895 bits per heavy atom. The van der Waals surface area contributed by atoms with Crippen LogP contribution in [0.5, 0.6) is 0 Å². The summed E-state index contributed by atoms with van der Waals surface area (Å²) in [6, 6.07) is 12.7. The number of nitrogens with two attached hydrogens (primary N) is 1.